The van der Waals surface area contributed by atoms with Crippen molar-refractivity contribution in [3.05, 3.63) is 0 Å². The molecule has 2 rings (SSSR count). The quantitative estimate of drug-likeness (QED) is 0.665. The molecule has 1 amide bonds. The molecule has 3 N–H and O–H groups in total. The topological polar surface area (TPSA) is 61.4 Å². The third-order valence-corrected chi connectivity index (χ3v) is 3.65. The molecule has 86 valence electrons. The summed E-state index contributed by atoms with van der Waals surface area (Å²) in [6, 6.07) is 1.32. The minimum atomic E-state index is -0.920. The molecule has 2 unspecified atom stereocenters. The van der Waals surface area contributed by atoms with Crippen LogP contribution in [-0.2, 0) is 0 Å². The van der Waals surface area contributed by atoms with Gasteiger partial charge in [0.15, 0.2) is 0 Å². The normalized spacial score (nSPS) is 34.4. The summed E-state index contributed by atoms with van der Waals surface area (Å²) in [7, 11) is 0. The van der Waals surface area contributed by atoms with E-state index >= 15 is 0 Å². The molecule has 0 aromatic rings. The Kier molecular flexibility index (Phi) is 2.63. The lowest BCUT2D eigenvalue weighted by atomic mass is 9.81. The largest absolute Gasteiger partial charge is 0.465 e. The summed E-state index contributed by atoms with van der Waals surface area (Å²) in [5, 5.41) is 14.9. The summed E-state index contributed by atoms with van der Waals surface area (Å²) in [5.41, 5.74) is -0.303. The minimum absolute atomic E-state index is 0.303. The SMILES string of the molecule is CC(C)(C[C@H]1CC2CCC1N2)NC(=O)O. The predicted molar refractivity (Wildman–Crippen MR) is 57.9 cm³/mol. The number of hydrogen-bond donors (Lipinski definition) is 3. The van der Waals surface area contributed by atoms with Crippen molar-refractivity contribution in [1.29, 1.82) is 0 Å². The summed E-state index contributed by atoms with van der Waals surface area (Å²) in [4.78, 5) is 10.6. The average molecular weight is 212 g/mol. The summed E-state index contributed by atoms with van der Waals surface area (Å²) in [6.45, 7) is 3.93. The van der Waals surface area contributed by atoms with Crippen LogP contribution < -0.4 is 10.6 Å². The lowest BCUT2D eigenvalue weighted by molar-refractivity contribution is 0.174. The molecule has 2 bridgehead atoms. The maximum atomic E-state index is 10.6. The van der Waals surface area contributed by atoms with Crippen LogP contribution in [0.15, 0.2) is 0 Å². The fraction of sp³-hybridized carbons (Fsp3) is 0.909. The second-order valence-corrected chi connectivity index (χ2v) is 5.56. The van der Waals surface area contributed by atoms with Gasteiger partial charge in [0.2, 0.25) is 0 Å². The third kappa shape index (κ3) is 2.43. The standard InChI is InChI=1S/C11H20N2O2/c1-11(2,13-10(14)15)6-7-5-8-3-4-9(7)12-8/h7-9,12-13H,3-6H2,1-2H3,(H,14,15)/t7-,8?,9?/m1/s1. The zero-order chi connectivity index (χ0) is 11.1. The monoisotopic (exact) mass is 212 g/mol. The van der Waals surface area contributed by atoms with Gasteiger partial charge in [-0.05, 0) is 45.4 Å². The number of nitrogens with one attached hydrogen (secondary N) is 2. The number of amides is 1. The molecular weight excluding hydrogens is 192 g/mol. The molecule has 4 heteroatoms. The van der Waals surface area contributed by atoms with Gasteiger partial charge in [-0.15, -0.1) is 0 Å². The number of rotatable bonds is 3. The molecule has 2 aliphatic rings. The summed E-state index contributed by atoms with van der Waals surface area (Å²) >= 11 is 0. The van der Waals surface area contributed by atoms with Gasteiger partial charge in [0.1, 0.15) is 0 Å². The van der Waals surface area contributed by atoms with Gasteiger partial charge >= 0.3 is 6.09 Å². The average Bonchev–Trinajstić information content (AvgIpc) is 2.60. The van der Waals surface area contributed by atoms with Gasteiger partial charge in [-0.3, -0.25) is 0 Å². The van der Waals surface area contributed by atoms with Crippen LogP contribution in [0.4, 0.5) is 4.79 Å². The van der Waals surface area contributed by atoms with Crippen molar-refractivity contribution in [2.75, 3.05) is 0 Å². The Bertz CT molecular complexity index is 265. The number of carbonyl (C=O) groups is 1. The van der Waals surface area contributed by atoms with Crippen LogP contribution in [0.3, 0.4) is 0 Å². The van der Waals surface area contributed by atoms with E-state index in [-0.39, 0.29) is 5.54 Å². The number of hydrogen-bond acceptors (Lipinski definition) is 2. The molecule has 2 fully saturated rings. The predicted octanol–water partition coefficient (Wildman–Crippen LogP) is 1.56. The Labute approximate surface area is 90.4 Å². The van der Waals surface area contributed by atoms with Crippen molar-refractivity contribution in [2.45, 2.75) is 57.2 Å². The van der Waals surface area contributed by atoms with E-state index in [1.165, 1.54) is 19.3 Å². The molecule has 0 aromatic heterocycles. The van der Waals surface area contributed by atoms with E-state index in [9.17, 15) is 4.79 Å². The highest BCUT2D eigenvalue weighted by molar-refractivity contribution is 5.65. The first kappa shape index (κ1) is 10.7. The molecule has 0 aliphatic carbocycles. The Morgan fingerprint density at radius 1 is 1.53 bits per heavy atom. The Balaban J connectivity index is 1.88. The molecule has 2 saturated heterocycles. The van der Waals surface area contributed by atoms with Gasteiger partial charge in [0.25, 0.3) is 0 Å². The highest BCUT2D eigenvalue weighted by atomic mass is 16.4. The van der Waals surface area contributed by atoms with Crippen LogP contribution in [0.25, 0.3) is 0 Å². The summed E-state index contributed by atoms with van der Waals surface area (Å²) in [6.07, 6.45) is 3.80. The van der Waals surface area contributed by atoms with Gasteiger partial charge < -0.3 is 15.7 Å². The van der Waals surface area contributed by atoms with E-state index in [1.807, 2.05) is 13.8 Å². The zero-order valence-corrected chi connectivity index (χ0v) is 9.42. The van der Waals surface area contributed by atoms with Gasteiger partial charge in [-0.2, -0.15) is 0 Å². The zero-order valence-electron chi connectivity index (χ0n) is 9.42. The van der Waals surface area contributed by atoms with Crippen LogP contribution >= 0.6 is 0 Å². The number of carboxylic acid groups (broad SMARTS) is 1. The van der Waals surface area contributed by atoms with Crippen molar-refractivity contribution >= 4 is 6.09 Å². The number of fused-ring (bicyclic) bond motifs is 2. The van der Waals surface area contributed by atoms with Crippen molar-refractivity contribution in [3.63, 3.8) is 0 Å². The molecular formula is C11H20N2O2. The second kappa shape index (κ2) is 3.67. The van der Waals surface area contributed by atoms with E-state index in [1.54, 1.807) is 0 Å². The van der Waals surface area contributed by atoms with Crippen LogP contribution in [-0.4, -0.2) is 28.8 Å². The van der Waals surface area contributed by atoms with Crippen molar-refractivity contribution in [2.24, 2.45) is 5.92 Å². The summed E-state index contributed by atoms with van der Waals surface area (Å²) < 4.78 is 0. The molecule has 2 heterocycles. The molecule has 15 heavy (non-hydrogen) atoms. The van der Waals surface area contributed by atoms with Crippen LogP contribution in [0, 0.1) is 5.92 Å². The molecule has 0 spiro atoms. The van der Waals surface area contributed by atoms with Crippen molar-refractivity contribution < 1.29 is 9.90 Å². The highest BCUT2D eigenvalue weighted by Gasteiger charge is 2.41. The first-order valence-corrected chi connectivity index (χ1v) is 5.73. The van der Waals surface area contributed by atoms with Gasteiger partial charge in [-0.1, -0.05) is 0 Å². The van der Waals surface area contributed by atoms with E-state index < -0.39 is 6.09 Å². The molecule has 0 radical (unpaired) electrons. The van der Waals surface area contributed by atoms with Crippen LogP contribution in [0.2, 0.25) is 0 Å². The summed E-state index contributed by atoms with van der Waals surface area (Å²) in [5.74, 6) is 0.644. The maximum absolute atomic E-state index is 10.6. The highest BCUT2D eigenvalue weighted by Crippen LogP contribution is 2.37. The van der Waals surface area contributed by atoms with E-state index in [0.29, 0.717) is 18.0 Å². The van der Waals surface area contributed by atoms with Crippen LogP contribution in [0.1, 0.15) is 39.5 Å². The molecule has 0 saturated carbocycles. The van der Waals surface area contributed by atoms with Crippen LogP contribution in [0.5, 0.6) is 0 Å². The molecule has 4 nitrogen and oxygen atoms in total. The lowest BCUT2D eigenvalue weighted by Crippen LogP contribution is -2.45. The smallest absolute Gasteiger partial charge is 0.405 e. The first-order chi connectivity index (χ1) is 6.96. The van der Waals surface area contributed by atoms with Crippen molar-refractivity contribution in [3.8, 4) is 0 Å². The van der Waals surface area contributed by atoms with Gasteiger partial charge in [0.05, 0.1) is 0 Å². The molecule has 3 atom stereocenters. The minimum Gasteiger partial charge on any atom is -0.465 e. The van der Waals surface area contributed by atoms with Gasteiger partial charge in [-0.25, -0.2) is 4.79 Å². The Morgan fingerprint density at radius 2 is 2.27 bits per heavy atom. The molecule has 0 aromatic carbocycles. The maximum Gasteiger partial charge on any atom is 0.405 e. The second-order valence-electron chi connectivity index (χ2n) is 5.56. The Morgan fingerprint density at radius 3 is 2.73 bits per heavy atom. The fourth-order valence-corrected chi connectivity index (χ4v) is 3.16. The van der Waals surface area contributed by atoms with Gasteiger partial charge in [0, 0.05) is 17.6 Å². The first-order valence-electron chi connectivity index (χ1n) is 5.73. The Hall–Kier alpha value is -0.770. The third-order valence-electron chi connectivity index (χ3n) is 3.65. The van der Waals surface area contributed by atoms with E-state index in [0.717, 1.165) is 6.42 Å². The lowest BCUT2D eigenvalue weighted by Gasteiger charge is -2.31. The van der Waals surface area contributed by atoms with E-state index in [2.05, 4.69) is 10.6 Å². The fourth-order valence-electron chi connectivity index (χ4n) is 3.16. The molecule has 2 aliphatic heterocycles. The van der Waals surface area contributed by atoms with Crippen molar-refractivity contribution in [1.82, 2.24) is 10.6 Å². The van der Waals surface area contributed by atoms with E-state index in [4.69, 9.17) is 5.11 Å².